The summed E-state index contributed by atoms with van der Waals surface area (Å²) < 4.78 is 60.7. The molecule has 1 saturated carbocycles. The number of hydrogen-bond donors (Lipinski definition) is 1. The highest BCUT2D eigenvalue weighted by Crippen LogP contribution is 2.48. The minimum absolute atomic E-state index is 0.123. The van der Waals surface area contributed by atoms with Gasteiger partial charge in [0.05, 0.1) is 23.2 Å². The van der Waals surface area contributed by atoms with E-state index in [0.717, 1.165) is 5.69 Å². The first-order valence-corrected chi connectivity index (χ1v) is 10.2. The number of anilines is 1. The number of H-pyrrole nitrogens is 1. The second-order valence-corrected chi connectivity index (χ2v) is 8.16. The Hall–Kier alpha value is -3.44. The van der Waals surface area contributed by atoms with Crippen LogP contribution in [0.2, 0.25) is 0 Å². The van der Waals surface area contributed by atoms with Crippen molar-refractivity contribution in [2.45, 2.75) is 43.6 Å². The van der Waals surface area contributed by atoms with Crippen LogP contribution in [-0.4, -0.2) is 42.2 Å². The average molecular weight is 447 g/mol. The second kappa shape index (κ2) is 6.78. The smallest absolute Gasteiger partial charge is 0.319 e. The molecule has 2 aliphatic rings. The van der Waals surface area contributed by atoms with Crippen molar-refractivity contribution < 1.29 is 22.0 Å². The van der Waals surface area contributed by atoms with Gasteiger partial charge in [-0.25, -0.2) is 27.1 Å². The van der Waals surface area contributed by atoms with Crippen LogP contribution in [0.25, 0.3) is 5.52 Å². The maximum Gasteiger partial charge on any atom is 0.319 e. The molecule has 32 heavy (non-hydrogen) atoms. The fraction of sp³-hybridized carbons (Fsp3) is 0.400. The lowest BCUT2D eigenvalue weighted by atomic mass is 9.81. The van der Waals surface area contributed by atoms with Crippen LogP contribution in [0.1, 0.15) is 59.8 Å². The Balaban J connectivity index is 1.41. The highest BCUT2D eigenvalue weighted by atomic mass is 19.3. The van der Waals surface area contributed by atoms with E-state index in [1.807, 2.05) is 0 Å². The summed E-state index contributed by atoms with van der Waals surface area (Å²) in [5, 5.41) is 12.6. The molecule has 1 aliphatic carbocycles. The van der Waals surface area contributed by atoms with Gasteiger partial charge in [-0.15, -0.1) is 5.10 Å². The topological polar surface area (TPSA) is 88.1 Å². The minimum Gasteiger partial charge on any atom is -0.408 e. The molecule has 0 aromatic carbocycles. The summed E-state index contributed by atoms with van der Waals surface area (Å²) in [6, 6.07) is 4.09. The zero-order valence-electron chi connectivity index (χ0n) is 16.6. The Bertz CT molecular complexity index is 1290. The number of nitrogens with zero attached hydrogens (tertiary/aromatic N) is 6. The standard InChI is InChI=1S/C20H17F4N7O/c21-17(22)11-2-1-4-31-14(11)6-13(29-31)16-15-12(25-9-26-15)3-5-30(16)19-28-27-18(32-19)10-7-20(23,24)8-10/h1-2,4,6,9-10,16-17H,3,5,7-8H2,(H,25,26). The third-order valence-corrected chi connectivity index (χ3v) is 6.11. The zero-order chi connectivity index (χ0) is 22.0. The Labute approximate surface area is 178 Å². The molecule has 12 heteroatoms. The molecule has 4 aromatic rings. The van der Waals surface area contributed by atoms with Crippen molar-refractivity contribution in [3.05, 3.63) is 59.3 Å². The molecule has 6 rings (SSSR count). The van der Waals surface area contributed by atoms with E-state index in [9.17, 15) is 17.6 Å². The number of halogens is 4. The Morgan fingerprint density at radius 2 is 2.06 bits per heavy atom. The van der Waals surface area contributed by atoms with Crippen molar-refractivity contribution >= 4 is 11.5 Å². The number of fused-ring (bicyclic) bond motifs is 2. The first-order chi connectivity index (χ1) is 15.4. The van der Waals surface area contributed by atoms with Crippen LogP contribution in [0.4, 0.5) is 23.6 Å². The molecular formula is C20H17F4N7O. The summed E-state index contributed by atoms with van der Waals surface area (Å²) >= 11 is 0. The predicted molar refractivity (Wildman–Crippen MR) is 103 cm³/mol. The van der Waals surface area contributed by atoms with Gasteiger partial charge in [-0.2, -0.15) is 5.10 Å². The lowest BCUT2D eigenvalue weighted by Crippen LogP contribution is -2.37. The highest BCUT2D eigenvalue weighted by molar-refractivity contribution is 5.58. The van der Waals surface area contributed by atoms with Crippen LogP contribution in [0.3, 0.4) is 0 Å². The van der Waals surface area contributed by atoms with Crippen molar-refractivity contribution in [2.75, 3.05) is 11.4 Å². The summed E-state index contributed by atoms with van der Waals surface area (Å²) in [6.45, 7) is 0.470. The predicted octanol–water partition coefficient (Wildman–Crippen LogP) is 4.04. The number of hydrogen-bond acceptors (Lipinski definition) is 6. The molecule has 166 valence electrons. The molecule has 0 bridgehead atoms. The Kier molecular flexibility index (Phi) is 4.08. The van der Waals surface area contributed by atoms with Crippen molar-refractivity contribution in [2.24, 2.45) is 0 Å². The molecular weight excluding hydrogens is 430 g/mol. The minimum atomic E-state index is -2.70. The fourth-order valence-electron chi connectivity index (χ4n) is 4.50. The third kappa shape index (κ3) is 2.96. The molecule has 1 aliphatic heterocycles. The summed E-state index contributed by atoms with van der Waals surface area (Å²) in [4.78, 5) is 9.32. The number of nitrogens with one attached hydrogen (secondary N) is 1. The van der Waals surface area contributed by atoms with Crippen molar-refractivity contribution in [1.29, 1.82) is 0 Å². The number of aromatic amines is 1. The largest absolute Gasteiger partial charge is 0.408 e. The van der Waals surface area contributed by atoms with Crippen LogP contribution in [0.15, 0.2) is 35.1 Å². The normalized spacial score (nSPS) is 20.7. The maximum atomic E-state index is 13.5. The van der Waals surface area contributed by atoms with E-state index in [-0.39, 0.29) is 30.3 Å². The van der Waals surface area contributed by atoms with Crippen LogP contribution < -0.4 is 4.90 Å². The van der Waals surface area contributed by atoms with Crippen LogP contribution >= 0.6 is 0 Å². The number of pyridine rings is 1. The van der Waals surface area contributed by atoms with Gasteiger partial charge in [0.15, 0.2) is 0 Å². The summed E-state index contributed by atoms with van der Waals surface area (Å²) in [7, 11) is 0. The van der Waals surface area contributed by atoms with Gasteiger partial charge < -0.3 is 14.3 Å². The fourth-order valence-corrected chi connectivity index (χ4v) is 4.50. The van der Waals surface area contributed by atoms with Gasteiger partial charge in [-0.3, -0.25) is 0 Å². The monoisotopic (exact) mass is 447 g/mol. The van der Waals surface area contributed by atoms with E-state index < -0.39 is 24.3 Å². The molecule has 0 spiro atoms. The first kappa shape index (κ1) is 19.3. The van der Waals surface area contributed by atoms with E-state index in [1.54, 1.807) is 23.5 Å². The highest BCUT2D eigenvalue weighted by Gasteiger charge is 2.48. The van der Waals surface area contributed by atoms with Gasteiger partial charge >= 0.3 is 6.01 Å². The van der Waals surface area contributed by atoms with Crippen molar-refractivity contribution in [3.63, 3.8) is 0 Å². The van der Waals surface area contributed by atoms with Gasteiger partial charge in [-0.05, 0) is 18.2 Å². The number of rotatable bonds is 4. The molecule has 1 fully saturated rings. The summed E-state index contributed by atoms with van der Waals surface area (Å²) in [6.07, 6.45) is 0.503. The van der Waals surface area contributed by atoms with Gasteiger partial charge in [-0.1, -0.05) is 5.10 Å². The number of aromatic nitrogens is 6. The third-order valence-electron chi connectivity index (χ3n) is 6.11. The van der Waals surface area contributed by atoms with E-state index in [0.29, 0.717) is 29.9 Å². The van der Waals surface area contributed by atoms with Crippen molar-refractivity contribution in [3.8, 4) is 0 Å². The van der Waals surface area contributed by atoms with Crippen LogP contribution in [-0.2, 0) is 6.42 Å². The Morgan fingerprint density at radius 3 is 2.84 bits per heavy atom. The summed E-state index contributed by atoms with van der Waals surface area (Å²) in [5.41, 5.74) is 2.23. The lowest BCUT2D eigenvalue weighted by Gasteiger charge is -2.33. The number of alkyl halides is 4. The molecule has 8 nitrogen and oxygen atoms in total. The van der Waals surface area contributed by atoms with Gasteiger partial charge in [0.1, 0.15) is 6.04 Å². The molecule has 0 radical (unpaired) electrons. The Morgan fingerprint density at radius 1 is 1.22 bits per heavy atom. The van der Waals surface area contributed by atoms with Crippen molar-refractivity contribution in [1.82, 2.24) is 29.8 Å². The van der Waals surface area contributed by atoms with Crippen LogP contribution in [0, 0.1) is 0 Å². The number of imidazole rings is 1. The van der Waals surface area contributed by atoms with E-state index >= 15 is 0 Å². The van der Waals surface area contributed by atoms with E-state index in [4.69, 9.17) is 4.42 Å². The molecule has 5 heterocycles. The lowest BCUT2D eigenvalue weighted by molar-refractivity contribution is -0.0917. The van der Waals surface area contributed by atoms with Crippen LogP contribution in [0.5, 0.6) is 0 Å². The van der Waals surface area contributed by atoms with E-state index in [1.165, 1.54) is 16.6 Å². The maximum absolute atomic E-state index is 13.5. The molecule has 1 atom stereocenters. The molecule has 1 unspecified atom stereocenters. The average Bonchev–Trinajstić information content (AvgIpc) is 3.49. The molecule has 1 N–H and O–H groups in total. The quantitative estimate of drug-likeness (QED) is 0.475. The van der Waals surface area contributed by atoms with Gasteiger partial charge in [0.25, 0.3) is 6.43 Å². The molecule has 0 saturated heterocycles. The van der Waals surface area contributed by atoms with Gasteiger partial charge in [0.2, 0.25) is 11.8 Å². The second-order valence-electron chi connectivity index (χ2n) is 8.16. The molecule has 4 aromatic heterocycles. The SMILES string of the molecule is FC(F)c1cccn2nc(C3c4nc[nH]c4CCN3c3nnc(C4CC(F)(F)C4)o3)cc12. The molecule has 0 amide bonds. The first-order valence-electron chi connectivity index (χ1n) is 10.2. The zero-order valence-corrected chi connectivity index (χ0v) is 16.6. The van der Waals surface area contributed by atoms with Gasteiger partial charge in [0, 0.05) is 49.2 Å². The van der Waals surface area contributed by atoms with E-state index in [2.05, 4.69) is 25.3 Å². The summed E-state index contributed by atoms with van der Waals surface area (Å²) in [5.74, 6) is -3.00.